The summed E-state index contributed by atoms with van der Waals surface area (Å²) in [5.41, 5.74) is 4.49. The van der Waals surface area contributed by atoms with Gasteiger partial charge in [0.1, 0.15) is 5.56 Å². The van der Waals surface area contributed by atoms with Crippen LogP contribution in [-0.4, -0.2) is 52.0 Å². The number of amidine groups is 1. The van der Waals surface area contributed by atoms with Crippen molar-refractivity contribution in [2.24, 2.45) is 4.66 Å². The van der Waals surface area contributed by atoms with Crippen LogP contribution in [0.1, 0.15) is 36.1 Å². The Kier molecular flexibility index (Phi) is 27.1. The van der Waals surface area contributed by atoms with Gasteiger partial charge in [0.2, 0.25) is 0 Å². The summed E-state index contributed by atoms with van der Waals surface area (Å²) < 4.78 is 14.6. The van der Waals surface area contributed by atoms with Gasteiger partial charge in [-0.25, -0.2) is 0 Å². The molecule has 0 heterocycles. The van der Waals surface area contributed by atoms with Crippen LogP contribution in [0.4, 0.5) is 0 Å². The molecule has 0 amide bonds. The molecule has 2 aromatic carbocycles. The molecule has 43 heavy (non-hydrogen) atoms. The van der Waals surface area contributed by atoms with Gasteiger partial charge in [0, 0.05) is 29.7 Å². The Balaban J connectivity index is -0.000000258. The molecule has 232 valence electrons. The van der Waals surface area contributed by atoms with Crippen molar-refractivity contribution in [3.8, 4) is 6.07 Å². The van der Waals surface area contributed by atoms with E-state index in [4.69, 9.17) is 24.3 Å². The van der Waals surface area contributed by atoms with Gasteiger partial charge in [-0.1, -0.05) is 154 Å². The molecule has 11 heteroatoms. The summed E-state index contributed by atoms with van der Waals surface area (Å²) in [5, 5.41) is 6.76. The minimum absolute atomic E-state index is 0. The van der Waals surface area contributed by atoms with E-state index in [1.165, 1.54) is 11.1 Å². The summed E-state index contributed by atoms with van der Waals surface area (Å²) in [6.07, 6.45) is 0. The van der Waals surface area contributed by atoms with Gasteiger partial charge in [0.05, 0.1) is 0 Å². The molecule has 2 aromatic rings. The molecule has 0 aliphatic carbocycles. The summed E-state index contributed by atoms with van der Waals surface area (Å²) in [6.45, 7) is 37.1. The van der Waals surface area contributed by atoms with Crippen molar-refractivity contribution in [1.82, 2.24) is 0 Å². The molecule has 5 nitrogen and oxygen atoms in total. The Labute approximate surface area is 295 Å². The average Bonchev–Trinajstić information content (AvgIpc) is 2.77. The van der Waals surface area contributed by atoms with Crippen LogP contribution in [0.5, 0.6) is 0 Å². The van der Waals surface area contributed by atoms with Crippen LogP contribution in [0, 0.1) is 19.9 Å². The maximum Gasteiger partial charge on any atom is 1.00 e. The molecule has 0 atom stereocenters. The second-order valence-electron chi connectivity index (χ2n) is 14.0. The Bertz CT molecular complexity index is 1030. The quantitative estimate of drug-likeness (QED) is 0.281. The Hall–Kier alpha value is -0.618. The molecule has 0 unspecified atom stereocenters. The Morgan fingerprint density at radius 3 is 1.28 bits per heavy atom. The van der Waals surface area contributed by atoms with Crippen LogP contribution in [0.3, 0.4) is 0 Å². The summed E-state index contributed by atoms with van der Waals surface area (Å²) >= 11 is 0. The van der Waals surface area contributed by atoms with Gasteiger partial charge in [-0.05, 0) is 45.4 Å². The van der Waals surface area contributed by atoms with Crippen LogP contribution >= 0.6 is 0 Å². The van der Waals surface area contributed by atoms with Crippen molar-refractivity contribution in [1.29, 1.82) is 0 Å². The second-order valence-corrected chi connectivity index (χ2v) is 32.7. The van der Waals surface area contributed by atoms with Crippen molar-refractivity contribution < 1.29 is 47.7 Å². The first-order chi connectivity index (χ1) is 18.5. The van der Waals surface area contributed by atoms with Crippen molar-refractivity contribution >= 4 is 38.8 Å². The average molecular weight is 644 g/mol. The molecule has 0 radical (unpaired) electrons. The number of ether oxygens (including phenoxy) is 1. The molecule has 0 spiro atoms. The first kappa shape index (κ1) is 49.3. The van der Waals surface area contributed by atoms with Crippen LogP contribution in [0.2, 0.25) is 78.6 Å². The van der Waals surface area contributed by atoms with Crippen LogP contribution in [-0.2, 0) is 4.74 Å². The molecule has 2 rings (SSSR count). The number of nitrogens with one attached hydrogen (secondary N) is 1. The van der Waals surface area contributed by atoms with E-state index in [1.54, 1.807) is 0 Å². The monoisotopic (exact) mass is 643 g/mol. The van der Waals surface area contributed by atoms with Crippen LogP contribution < -0.4 is 43.0 Å². The first-order valence-electron chi connectivity index (χ1n) is 14.7. The number of rotatable bonds is 7. The summed E-state index contributed by atoms with van der Waals surface area (Å²) in [5.74, 6) is 0.966. The van der Waals surface area contributed by atoms with E-state index in [1.807, 2.05) is 45.0 Å². The zero-order valence-corrected chi connectivity index (χ0v) is 35.3. The second kappa shape index (κ2) is 23.7. The Morgan fingerprint density at radius 1 is 0.674 bits per heavy atom. The van der Waals surface area contributed by atoms with E-state index in [0.717, 1.165) is 30.2 Å². The minimum Gasteiger partial charge on any atom is -0.668 e. The zero-order chi connectivity index (χ0) is 32.5. The van der Waals surface area contributed by atoms with Gasteiger partial charge in [0.15, 0.2) is 0 Å². The van der Waals surface area contributed by atoms with Crippen molar-refractivity contribution in [3.63, 3.8) is 0 Å². The molecule has 0 aliphatic heterocycles. The standard InChI is InChI=1S/C14H25N2Si2.C8H7N.C6H18NSi2.C4H10O.2Li/c1-12-8-10-13(11-9-12)14(15-17(2,3)4)16-18(5,6)7;1-7-2-4-8(6-9)5-3-7;1-8(2,3)7-9(4,5)6;1-3-5-4-2;;/h8-11H,1-7H3;2-5H,1H3;1-6H3;3-4H2,1-2H3;;/q-1;;-1;;2*+1/p+1. The molecule has 0 saturated carbocycles. The molecule has 0 bridgehead atoms. The fourth-order valence-electron chi connectivity index (χ4n) is 3.34. The van der Waals surface area contributed by atoms with E-state index in [0.29, 0.717) is 0 Å². The van der Waals surface area contributed by atoms with Crippen LogP contribution in [0.15, 0.2) is 53.2 Å². The van der Waals surface area contributed by atoms with Crippen molar-refractivity contribution in [2.45, 2.75) is 106 Å². The molecule has 1 N–H and O–H groups in total. The molecular formula is C32H61Li2N4OSi4+. The first-order valence-corrected chi connectivity index (χ1v) is 28.5. The largest absolute Gasteiger partial charge is 1.00 e. The van der Waals surface area contributed by atoms with Crippen molar-refractivity contribution in [3.05, 3.63) is 80.4 Å². The zero-order valence-electron chi connectivity index (χ0n) is 31.3. The molecule has 0 aliphatic rings. The fourth-order valence-corrected chi connectivity index (χ4v) is 13.1. The van der Waals surface area contributed by atoms with E-state index in [2.05, 4.69) is 116 Å². The van der Waals surface area contributed by atoms with E-state index in [9.17, 15) is 0 Å². The topological polar surface area (TPSA) is 73.6 Å². The molecule has 0 aromatic heterocycles. The van der Waals surface area contributed by atoms with Gasteiger partial charge in [-0.3, -0.25) is 0 Å². The third-order valence-electron chi connectivity index (χ3n) is 4.47. The SMILES string of the molecule is CCOCC.C[Si](C)(C)[N-][Si](C)(C)C.Cc1ccc(/C(=N\[Si](C)(C)C)[N-][Si](C)(C)C)cc1.Cc1ccc(C#[NH+])cc1.[Li+].[Li+]. The minimum atomic E-state index is -1.50. The number of hydrogen-bond donors (Lipinski definition) is 1. The van der Waals surface area contributed by atoms with E-state index < -0.39 is 32.9 Å². The summed E-state index contributed by atoms with van der Waals surface area (Å²) in [7, 11) is -5.21. The van der Waals surface area contributed by atoms with E-state index in [-0.39, 0.29) is 37.7 Å². The number of aryl methyl sites for hydroxylation is 2. The van der Waals surface area contributed by atoms with Gasteiger partial charge in [0.25, 0.3) is 0 Å². The van der Waals surface area contributed by atoms with E-state index >= 15 is 0 Å². The number of nitrogens with zero attached hydrogens (tertiary/aromatic N) is 3. The summed E-state index contributed by atoms with van der Waals surface area (Å²) in [4.78, 5) is 4.92. The smallest absolute Gasteiger partial charge is 0.668 e. The van der Waals surface area contributed by atoms with Gasteiger partial charge >= 0.3 is 43.8 Å². The van der Waals surface area contributed by atoms with Gasteiger partial charge in [-0.15, -0.1) is 0 Å². The van der Waals surface area contributed by atoms with Gasteiger partial charge < -0.3 is 19.0 Å². The third kappa shape index (κ3) is 34.1. The number of hydrogen-bond acceptors (Lipinski definition) is 2. The van der Waals surface area contributed by atoms with Gasteiger partial charge in [-0.2, -0.15) is 0 Å². The third-order valence-corrected chi connectivity index (χ3v) is 11.6. The number of benzene rings is 2. The Morgan fingerprint density at radius 2 is 1.05 bits per heavy atom. The molecule has 0 fully saturated rings. The predicted molar refractivity (Wildman–Crippen MR) is 195 cm³/mol. The fraction of sp³-hybridized carbons (Fsp3) is 0.562. The van der Waals surface area contributed by atoms with Crippen molar-refractivity contribution in [2.75, 3.05) is 13.2 Å². The summed E-state index contributed by atoms with van der Waals surface area (Å²) in [6, 6.07) is 18.5. The van der Waals surface area contributed by atoms with Crippen LogP contribution in [0.25, 0.3) is 9.63 Å². The maximum absolute atomic E-state index is 6.76. The normalized spacial score (nSPS) is 11.4. The predicted octanol–water partition coefficient (Wildman–Crippen LogP) is 2.98. The molecular weight excluding hydrogens is 583 g/mol. The maximum atomic E-state index is 6.76. The molecule has 0 saturated heterocycles.